The molecule has 1 aromatic heterocycles. The summed E-state index contributed by atoms with van der Waals surface area (Å²) in [6.07, 6.45) is 5.70. The van der Waals surface area contributed by atoms with Gasteiger partial charge in [0.2, 0.25) is 0 Å². The Morgan fingerprint density at radius 2 is 1.95 bits per heavy atom. The lowest BCUT2D eigenvalue weighted by atomic mass is 9.90. The number of anilines is 1. The molecule has 192 valence electrons. The van der Waals surface area contributed by atoms with Gasteiger partial charge in [0.25, 0.3) is 5.91 Å². The Bertz CT molecular complexity index is 1320. The highest BCUT2D eigenvalue weighted by Crippen LogP contribution is 2.35. The molecular weight excluding hydrogens is 464 g/mol. The molecule has 1 aliphatic rings. The smallest absolute Gasteiger partial charge is 0.270 e. The number of carbonyl (C=O) groups excluding carboxylic acids is 1. The first-order valence-electron chi connectivity index (χ1n) is 12.7. The second kappa shape index (κ2) is 11.8. The minimum Gasteiger partial charge on any atom is -0.492 e. The number of hydrogen-bond donors (Lipinski definition) is 2. The predicted molar refractivity (Wildman–Crippen MR) is 147 cm³/mol. The van der Waals surface area contributed by atoms with E-state index in [-0.39, 0.29) is 11.9 Å². The standard InChI is InChI=1S/C29H34N6O2/c1-5-37-26-13-8-20-6-7-21(16-24(20)27(26)32-18-19(2)17-30)28-31-15-14-25(34-28)29(36)33-22-9-11-23(12-10-22)35(3)4/h6-8,13-16,22-23,32H,2,5,9-12,18H2,1,3-4H3,(H,33,36). The molecular formula is C29H34N6O2. The molecule has 8 nitrogen and oxygen atoms in total. The number of rotatable bonds is 9. The summed E-state index contributed by atoms with van der Waals surface area (Å²) in [5.74, 6) is 0.990. The Kier molecular flexibility index (Phi) is 8.36. The summed E-state index contributed by atoms with van der Waals surface area (Å²) in [7, 11) is 4.22. The summed E-state index contributed by atoms with van der Waals surface area (Å²) in [5, 5.41) is 17.5. The second-order valence-electron chi connectivity index (χ2n) is 9.58. The molecule has 37 heavy (non-hydrogen) atoms. The Morgan fingerprint density at radius 3 is 2.65 bits per heavy atom. The zero-order chi connectivity index (χ0) is 26.4. The quantitative estimate of drug-likeness (QED) is 0.409. The fourth-order valence-corrected chi connectivity index (χ4v) is 4.75. The molecule has 1 saturated carbocycles. The summed E-state index contributed by atoms with van der Waals surface area (Å²) in [4.78, 5) is 24.3. The first-order valence-corrected chi connectivity index (χ1v) is 12.7. The van der Waals surface area contributed by atoms with Gasteiger partial charge in [0.15, 0.2) is 5.82 Å². The predicted octanol–water partition coefficient (Wildman–Crippen LogP) is 4.79. The van der Waals surface area contributed by atoms with E-state index in [0.717, 1.165) is 47.7 Å². The molecule has 0 spiro atoms. The summed E-state index contributed by atoms with van der Waals surface area (Å²) < 4.78 is 5.84. The Hall–Kier alpha value is -3.96. The topological polar surface area (TPSA) is 103 Å². The maximum absolute atomic E-state index is 13.0. The van der Waals surface area contributed by atoms with Crippen LogP contribution in [0.4, 0.5) is 5.69 Å². The highest BCUT2D eigenvalue weighted by Gasteiger charge is 2.24. The van der Waals surface area contributed by atoms with Crippen LogP contribution in [0.15, 0.2) is 54.7 Å². The first-order chi connectivity index (χ1) is 17.9. The summed E-state index contributed by atoms with van der Waals surface area (Å²) in [6, 6.07) is 14.3. The van der Waals surface area contributed by atoms with Crippen molar-refractivity contribution in [2.75, 3.05) is 32.6 Å². The molecule has 1 aliphatic carbocycles. The lowest BCUT2D eigenvalue weighted by Crippen LogP contribution is -2.42. The van der Waals surface area contributed by atoms with Gasteiger partial charge >= 0.3 is 0 Å². The lowest BCUT2D eigenvalue weighted by Gasteiger charge is -2.32. The molecule has 3 aromatic rings. The minimum atomic E-state index is -0.172. The zero-order valence-electron chi connectivity index (χ0n) is 21.8. The van der Waals surface area contributed by atoms with Crippen LogP contribution < -0.4 is 15.4 Å². The van der Waals surface area contributed by atoms with E-state index >= 15 is 0 Å². The largest absolute Gasteiger partial charge is 0.492 e. The van der Waals surface area contributed by atoms with Gasteiger partial charge in [0.05, 0.1) is 18.4 Å². The van der Waals surface area contributed by atoms with Gasteiger partial charge < -0.3 is 20.3 Å². The molecule has 2 aromatic carbocycles. The number of carbonyl (C=O) groups is 1. The van der Waals surface area contributed by atoms with E-state index < -0.39 is 0 Å². The SMILES string of the molecule is C=C(C#N)CNc1c(OCC)ccc2ccc(-c3nccc(C(=O)NC4CCC(N(C)C)CC4)n3)cc12. The van der Waals surface area contributed by atoms with Gasteiger partial charge in [-0.3, -0.25) is 4.79 Å². The van der Waals surface area contributed by atoms with Crippen LogP contribution in [0, 0.1) is 11.3 Å². The zero-order valence-corrected chi connectivity index (χ0v) is 21.8. The minimum absolute atomic E-state index is 0.163. The van der Waals surface area contributed by atoms with Crippen LogP contribution in [0.25, 0.3) is 22.2 Å². The molecule has 1 fully saturated rings. The van der Waals surface area contributed by atoms with Crippen molar-refractivity contribution in [3.8, 4) is 23.2 Å². The van der Waals surface area contributed by atoms with Crippen LogP contribution in [0.1, 0.15) is 43.1 Å². The highest BCUT2D eigenvalue weighted by atomic mass is 16.5. The number of nitrogens with zero attached hydrogens (tertiary/aromatic N) is 4. The van der Waals surface area contributed by atoms with E-state index in [1.165, 1.54) is 0 Å². The number of nitrogens with one attached hydrogen (secondary N) is 2. The summed E-state index contributed by atoms with van der Waals surface area (Å²) in [6.45, 7) is 6.51. The fourth-order valence-electron chi connectivity index (χ4n) is 4.75. The van der Waals surface area contributed by atoms with Gasteiger partial charge in [-0.05, 0) is 70.3 Å². The van der Waals surface area contributed by atoms with Gasteiger partial charge in [-0.1, -0.05) is 24.8 Å². The first kappa shape index (κ1) is 26.1. The normalized spacial score (nSPS) is 17.3. The number of amides is 1. The van der Waals surface area contributed by atoms with E-state index in [1.54, 1.807) is 12.3 Å². The number of nitriles is 1. The molecule has 0 atom stereocenters. The Morgan fingerprint density at radius 1 is 1.19 bits per heavy atom. The van der Waals surface area contributed by atoms with Gasteiger partial charge in [-0.15, -0.1) is 0 Å². The number of aromatic nitrogens is 2. The highest BCUT2D eigenvalue weighted by molar-refractivity contribution is 5.99. The molecule has 2 N–H and O–H groups in total. The Balaban J connectivity index is 1.58. The molecule has 0 unspecified atom stereocenters. The summed E-state index contributed by atoms with van der Waals surface area (Å²) >= 11 is 0. The van der Waals surface area contributed by atoms with Crippen LogP contribution in [-0.4, -0.2) is 60.1 Å². The maximum Gasteiger partial charge on any atom is 0.270 e. The van der Waals surface area contributed by atoms with E-state index in [1.807, 2.05) is 37.3 Å². The molecule has 0 saturated heterocycles. The van der Waals surface area contributed by atoms with Crippen LogP contribution >= 0.6 is 0 Å². The van der Waals surface area contributed by atoms with E-state index in [4.69, 9.17) is 10.00 Å². The van der Waals surface area contributed by atoms with Crippen LogP contribution in [0.3, 0.4) is 0 Å². The lowest BCUT2D eigenvalue weighted by molar-refractivity contribution is 0.0911. The van der Waals surface area contributed by atoms with Crippen molar-refractivity contribution in [3.05, 3.63) is 60.4 Å². The third kappa shape index (κ3) is 6.25. The van der Waals surface area contributed by atoms with Crippen molar-refractivity contribution >= 4 is 22.4 Å². The molecule has 1 amide bonds. The van der Waals surface area contributed by atoms with Crippen molar-refractivity contribution in [1.29, 1.82) is 5.26 Å². The third-order valence-corrected chi connectivity index (χ3v) is 6.83. The van der Waals surface area contributed by atoms with Crippen molar-refractivity contribution in [2.24, 2.45) is 0 Å². The Labute approximate surface area is 218 Å². The summed E-state index contributed by atoms with van der Waals surface area (Å²) in [5.41, 5.74) is 2.34. The molecule has 1 heterocycles. The average Bonchev–Trinajstić information content (AvgIpc) is 2.92. The number of ether oxygens (including phenoxy) is 1. The molecule has 0 bridgehead atoms. The van der Waals surface area contributed by atoms with Crippen molar-refractivity contribution < 1.29 is 9.53 Å². The molecule has 8 heteroatoms. The second-order valence-corrected chi connectivity index (χ2v) is 9.58. The number of fused-ring (bicyclic) bond motifs is 1. The number of benzene rings is 2. The van der Waals surface area contributed by atoms with E-state index in [0.29, 0.717) is 42.0 Å². The van der Waals surface area contributed by atoms with E-state index in [2.05, 4.69) is 52.2 Å². The van der Waals surface area contributed by atoms with Gasteiger partial charge in [-0.25, -0.2) is 9.97 Å². The third-order valence-electron chi connectivity index (χ3n) is 6.83. The fraction of sp³-hybridized carbons (Fsp3) is 0.379. The molecule has 0 aliphatic heterocycles. The van der Waals surface area contributed by atoms with Gasteiger partial charge in [0.1, 0.15) is 11.4 Å². The van der Waals surface area contributed by atoms with Crippen molar-refractivity contribution in [3.63, 3.8) is 0 Å². The maximum atomic E-state index is 13.0. The van der Waals surface area contributed by atoms with Gasteiger partial charge in [-0.2, -0.15) is 5.26 Å². The van der Waals surface area contributed by atoms with Crippen molar-refractivity contribution in [2.45, 2.75) is 44.7 Å². The average molecular weight is 499 g/mol. The molecule has 4 rings (SSSR count). The van der Waals surface area contributed by atoms with Crippen LogP contribution in [-0.2, 0) is 0 Å². The monoisotopic (exact) mass is 498 g/mol. The van der Waals surface area contributed by atoms with Gasteiger partial charge in [0, 0.05) is 41.3 Å². The van der Waals surface area contributed by atoms with E-state index in [9.17, 15) is 4.79 Å². The number of hydrogen-bond acceptors (Lipinski definition) is 7. The van der Waals surface area contributed by atoms with Crippen LogP contribution in [0.5, 0.6) is 5.75 Å². The van der Waals surface area contributed by atoms with Crippen molar-refractivity contribution in [1.82, 2.24) is 20.2 Å². The molecule has 0 radical (unpaired) electrons. The van der Waals surface area contributed by atoms with Crippen LogP contribution in [0.2, 0.25) is 0 Å².